The number of ether oxygens (including phenoxy) is 1. The molecule has 0 radical (unpaired) electrons. The van der Waals surface area contributed by atoms with Crippen LogP contribution >= 0.6 is 0 Å². The number of aromatic nitrogens is 2. The molecule has 2 N–H and O–H groups in total. The van der Waals surface area contributed by atoms with E-state index in [9.17, 15) is 10.1 Å². The number of rotatable bonds is 3. The van der Waals surface area contributed by atoms with Crippen molar-refractivity contribution in [1.29, 1.82) is 5.26 Å². The lowest BCUT2D eigenvalue weighted by atomic mass is 9.79. The predicted molar refractivity (Wildman–Crippen MR) is 103 cm³/mol. The number of carbonyl (C=O) groups excluding carboxylic acids is 1. The first kappa shape index (κ1) is 17.7. The SMILES string of the molecule is COC(=O)C1(C#N)CCN(c2ccc3nc(N)n(C4CCCC4)c3c2)CC1. The van der Waals surface area contributed by atoms with E-state index < -0.39 is 11.4 Å². The van der Waals surface area contributed by atoms with Crippen molar-refractivity contribution >= 4 is 28.6 Å². The zero-order valence-corrected chi connectivity index (χ0v) is 15.6. The Kier molecular flexibility index (Phi) is 4.42. The van der Waals surface area contributed by atoms with Crippen LogP contribution in [-0.2, 0) is 9.53 Å². The van der Waals surface area contributed by atoms with E-state index in [1.807, 2.05) is 12.1 Å². The molecule has 4 rings (SSSR count). The van der Waals surface area contributed by atoms with Crippen LogP contribution in [0.25, 0.3) is 11.0 Å². The Hall–Kier alpha value is -2.75. The fourth-order valence-corrected chi connectivity index (χ4v) is 4.55. The molecule has 7 heteroatoms. The zero-order valence-electron chi connectivity index (χ0n) is 15.6. The van der Waals surface area contributed by atoms with Crippen molar-refractivity contribution in [2.45, 2.75) is 44.6 Å². The van der Waals surface area contributed by atoms with E-state index in [1.165, 1.54) is 20.0 Å². The van der Waals surface area contributed by atoms with Crippen molar-refractivity contribution < 1.29 is 9.53 Å². The third-order valence-corrected chi connectivity index (χ3v) is 6.16. The first-order valence-electron chi connectivity index (χ1n) is 9.60. The van der Waals surface area contributed by atoms with Crippen molar-refractivity contribution in [3.63, 3.8) is 0 Å². The van der Waals surface area contributed by atoms with E-state index in [2.05, 4.69) is 26.6 Å². The average molecular weight is 367 g/mol. The number of fused-ring (bicyclic) bond motifs is 1. The number of nitrogens with zero attached hydrogens (tertiary/aromatic N) is 4. The molecule has 2 heterocycles. The Labute approximate surface area is 158 Å². The van der Waals surface area contributed by atoms with Gasteiger partial charge in [-0.25, -0.2) is 4.98 Å². The predicted octanol–water partition coefficient (Wildman–Crippen LogP) is 3.02. The summed E-state index contributed by atoms with van der Waals surface area (Å²) >= 11 is 0. The van der Waals surface area contributed by atoms with Crippen molar-refractivity contribution in [3.05, 3.63) is 18.2 Å². The number of hydrogen-bond acceptors (Lipinski definition) is 6. The van der Waals surface area contributed by atoms with Gasteiger partial charge in [0.15, 0.2) is 5.41 Å². The molecule has 0 spiro atoms. The van der Waals surface area contributed by atoms with Crippen LogP contribution in [0, 0.1) is 16.7 Å². The third kappa shape index (κ3) is 2.89. The van der Waals surface area contributed by atoms with Gasteiger partial charge in [0.1, 0.15) is 0 Å². The fourth-order valence-electron chi connectivity index (χ4n) is 4.55. The molecule has 1 aliphatic heterocycles. The summed E-state index contributed by atoms with van der Waals surface area (Å²) in [7, 11) is 1.34. The number of benzene rings is 1. The molecule has 27 heavy (non-hydrogen) atoms. The van der Waals surface area contributed by atoms with Crippen molar-refractivity contribution in [3.8, 4) is 6.07 Å². The van der Waals surface area contributed by atoms with E-state index in [0.29, 0.717) is 37.9 Å². The van der Waals surface area contributed by atoms with Crippen LogP contribution in [-0.4, -0.2) is 35.7 Å². The van der Waals surface area contributed by atoms with E-state index in [4.69, 9.17) is 10.5 Å². The highest BCUT2D eigenvalue weighted by atomic mass is 16.5. The van der Waals surface area contributed by atoms with Crippen LogP contribution in [0.5, 0.6) is 0 Å². The second-order valence-electron chi connectivity index (χ2n) is 7.62. The summed E-state index contributed by atoms with van der Waals surface area (Å²) in [4.78, 5) is 18.8. The number of hydrogen-bond donors (Lipinski definition) is 1. The van der Waals surface area contributed by atoms with Gasteiger partial charge in [0.2, 0.25) is 5.95 Å². The number of nitrogens with two attached hydrogens (primary N) is 1. The van der Waals surface area contributed by atoms with Gasteiger partial charge in [-0.3, -0.25) is 4.79 Å². The normalized spacial score (nSPS) is 19.9. The van der Waals surface area contributed by atoms with E-state index in [-0.39, 0.29) is 0 Å². The van der Waals surface area contributed by atoms with Gasteiger partial charge < -0.3 is 19.9 Å². The summed E-state index contributed by atoms with van der Waals surface area (Å²) in [5.74, 6) is 0.161. The molecular weight excluding hydrogens is 342 g/mol. The van der Waals surface area contributed by atoms with Crippen molar-refractivity contribution in [1.82, 2.24) is 9.55 Å². The van der Waals surface area contributed by atoms with Gasteiger partial charge in [0, 0.05) is 24.8 Å². The number of methoxy groups -OCH3 is 1. The molecule has 0 amide bonds. The zero-order chi connectivity index (χ0) is 19.0. The Bertz CT molecular complexity index is 899. The van der Waals surface area contributed by atoms with Crippen molar-refractivity contribution in [2.24, 2.45) is 5.41 Å². The van der Waals surface area contributed by atoms with E-state index in [1.54, 1.807) is 0 Å². The molecule has 1 saturated carbocycles. The molecule has 1 aliphatic carbocycles. The molecule has 0 unspecified atom stereocenters. The molecule has 1 aromatic carbocycles. The van der Waals surface area contributed by atoms with Gasteiger partial charge in [-0.1, -0.05) is 12.8 Å². The molecular formula is C20H25N5O2. The van der Waals surface area contributed by atoms with Crippen LogP contribution in [0.15, 0.2) is 18.2 Å². The standard InChI is InChI=1S/C20H25N5O2/c1-27-18(26)20(13-21)8-10-24(11-9-20)15-6-7-16-17(12-15)25(19(22)23-16)14-4-2-3-5-14/h6-7,12,14H,2-5,8-11H2,1H3,(H2,22,23). The van der Waals surface area contributed by atoms with Gasteiger partial charge in [-0.2, -0.15) is 5.26 Å². The quantitative estimate of drug-likeness (QED) is 0.838. The summed E-state index contributed by atoms with van der Waals surface area (Å²) in [6.07, 6.45) is 5.70. The van der Waals surface area contributed by atoms with E-state index in [0.717, 1.165) is 29.6 Å². The number of nitriles is 1. The molecule has 7 nitrogen and oxygen atoms in total. The Morgan fingerprint density at radius 1 is 1.33 bits per heavy atom. The van der Waals surface area contributed by atoms with Gasteiger partial charge in [-0.15, -0.1) is 0 Å². The lowest BCUT2D eigenvalue weighted by Gasteiger charge is -2.36. The minimum absolute atomic E-state index is 0.424. The van der Waals surface area contributed by atoms with Crippen LogP contribution in [0.3, 0.4) is 0 Å². The monoisotopic (exact) mass is 367 g/mol. The van der Waals surface area contributed by atoms with Gasteiger partial charge >= 0.3 is 5.97 Å². The van der Waals surface area contributed by atoms with Crippen LogP contribution < -0.4 is 10.6 Å². The van der Waals surface area contributed by atoms with Crippen molar-refractivity contribution in [2.75, 3.05) is 30.8 Å². The number of anilines is 2. The summed E-state index contributed by atoms with van der Waals surface area (Å²) in [6, 6.07) is 8.82. The number of piperidine rings is 1. The number of carbonyl (C=O) groups is 1. The van der Waals surface area contributed by atoms with Gasteiger partial charge in [0.25, 0.3) is 0 Å². The molecule has 2 fully saturated rings. The molecule has 0 atom stereocenters. The molecule has 142 valence electrons. The van der Waals surface area contributed by atoms with Gasteiger partial charge in [0.05, 0.1) is 24.2 Å². The first-order chi connectivity index (χ1) is 13.1. The maximum absolute atomic E-state index is 12.0. The molecule has 0 bridgehead atoms. The fraction of sp³-hybridized carbons (Fsp3) is 0.550. The highest BCUT2D eigenvalue weighted by Crippen LogP contribution is 2.37. The van der Waals surface area contributed by atoms with Gasteiger partial charge in [-0.05, 0) is 43.9 Å². The maximum atomic E-state index is 12.0. The minimum Gasteiger partial charge on any atom is -0.468 e. The topological polar surface area (TPSA) is 97.2 Å². The number of imidazole rings is 1. The van der Waals surface area contributed by atoms with Crippen LogP contribution in [0.4, 0.5) is 11.6 Å². The van der Waals surface area contributed by atoms with E-state index >= 15 is 0 Å². The second kappa shape index (κ2) is 6.76. The third-order valence-electron chi connectivity index (χ3n) is 6.16. The lowest BCUT2D eigenvalue weighted by molar-refractivity contribution is -0.150. The average Bonchev–Trinajstić information content (AvgIpc) is 3.33. The largest absolute Gasteiger partial charge is 0.468 e. The Morgan fingerprint density at radius 3 is 2.67 bits per heavy atom. The Morgan fingerprint density at radius 2 is 2.04 bits per heavy atom. The first-order valence-corrected chi connectivity index (χ1v) is 9.60. The molecule has 1 saturated heterocycles. The summed E-state index contributed by atoms with van der Waals surface area (Å²) in [6.45, 7) is 1.28. The number of esters is 1. The summed E-state index contributed by atoms with van der Waals surface area (Å²) < 4.78 is 7.04. The summed E-state index contributed by atoms with van der Waals surface area (Å²) in [5, 5.41) is 9.51. The minimum atomic E-state index is -1.02. The van der Waals surface area contributed by atoms with Crippen LogP contribution in [0.2, 0.25) is 0 Å². The number of nitrogen functional groups attached to an aromatic ring is 1. The smallest absolute Gasteiger partial charge is 0.326 e. The molecule has 1 aromatic heterocycles. The highest BCUT2D eigenvalue weighted by molar-refractivity contribution is 5.83. The highest BCUT2D eigenvalue weighted by Gasteiger charge is 2.43. The molecule has 2 aliphatic rings. The summed E-state index contributed by atoms with van der Waals surface area (Å²) in [5.41, 5.74) is 8.26. The second-order valence-corrected chi connectivity index (χ2v) is 7.62. The Balaban J connectivity index is 1.61. The lowest BCUT2D eigenvalue weighted by Crippen LogP contribution is -2.44. The maximum Gasteiger partial charge on any atom is 0.326 e. The molecule has 2 aromatic rings. The van der Waals surface area contributed by atoms with Crippen LogP contribution in [0.1, 0.15) is 44.6 Å².